The lowest BCUT2D eigenvalue weighted by atomic mass is 10.2. The Morgan fingerprint density at radius 3 is 2.50 bits per heavy atom. The number of aryl methyl sites for hydroxylation is 2. The van der Waals surface area contributed by atoms with Crippen molar-refractivity contribution in [3.05, 3.63) is 74.1 Å². The van der Waals surface area contributed by atoms with Gasteiger partial charge in [-0.2, -0.15) is 0 Å². The predicted molar refractivity (Wildman–Crippen MR) is 109 cm³/mol. The van der Waals surface area contributed by atoms with Crippen LogP contribution in [-0.2, 0) is 13.0 Å². The molecule has 0 aliphatic rings. The Labute approximate surface area is 165 Å². The molecule has 0 bridgehead atoms. The van der Waals surface area contributed by atoms with Crippen LogP contribution in [0.2, 0.25) is 0 Å². The molecule has 0 saturated heterocycles. The van der Waals surface area contributed by atoms with Crippen LogP contribution in [0.15, 0.2) is 53.0 Å². The highest BCUT2D eigenvalue weighted by atomic mass is 79.9. The lowest BCUT2D eigenvalue weighted by Gasteiger charge is -2.05. The fourth-order valence-corrected chi connectivity index (χ4v) is 3.55. The van der Waals surface area contributed by atoms with Gasteiger partial charge in [-0.25, -0.2) is 4.98 Å². The normalized spacial score (nSPS) is 10.6. The highest BCUT2D eigenvalue weighted by Gasteiger charge is 2.16. The van der Waals surface area contributed by atoms with Crippen LogP contribution in [0.3, 0.4) is 0 Å². The number of rotatable bonds is 6. The maximum absolute atomic E-state index is 12.5. The van der Waals surface area contributed by atoms with Crippen molar-refractivity contribution in [1.82, 2.24) is 4.98 Å². The summed E-state index contributed by atoms with van der Waals surface area (Å²) in [5.74, 6) is 0.650. The zero-order valence-corrected chi connectivity index (χ0v) is 17.0. The highest BCUT2D eigenvalue weighted by Crippen LogP contribution is 2.22. The standard InChI is InChI=1S/C20H19BrN2O2S/c1-3-14-4-10-17(11-5-14)25-12-18-22-13(2)19(26-18)20(24)23-16-8-6-15(21)7-9-16/h4-11H,3,12H2,1-2H3,(H,23,24). The second kappa shape index (κ2) is 8.47. The van der Waals surface area contributed by atoms with Crippen molar-refractivity contribution in [2.24, 2.45) is 0 Å². The number of amides is 1. The minimum atomic E-state index is -0.152. The largest absolute Gasteiger partial charge is 0.486 e. The van der Waals surface area contributed by atoms with Gasteiger partial charge in [-0.3, -0.25) is 4.79 Å². The van der Waals surface area contributed by atoms with Crippen LogP contribution >= 0.6 is 27.3 Å². The molecule has 0 aliphatic carbocycles. The molecule has 1 N–H and O–H groups in total. The first kappa shape index (κ1) is 18.6. The van der Waals surface area contributed by atoms with Gasteiger partial charge in [-0.15, -0.1) is 11.3 Å². The Bertz CT molecular complexity index is 889. The smallest absolute Gasteiger partial charge is 0.267 e. The van der Waals surface area contributed by atoms with Crippen LogP contribution in [0.25, 0.3) is 0 Å². The molecule has 6 heteroatoms. The van der Waals surface area contributed by atoms with Crippen molar-refractivity contribution in [3.8, 4) is 5.75 Å². The summed E-state index contributed by atoms with van der Waals surface area (Å²) in [5, 5.41) is 3.68. The molecule has 0 saturated carbocycles. The van der Waals surface area contributed by atoms with Crippen molar-refractivity contribution in [2.75, 3.05) is 5.32 Å². The van der Waals surface area contributed by atoms with Gasteiger partial charge in [0, 0.05) is 10.2 Å². The molecule has 1 aromatic heterocycles. The maximum atomic E-state index is 12.5. The van der Waals surface area contributed by atoms with Crippen molar-refractivity contribution < 1.29 is 9.53 Å². The van der Waals surface area contributed by atoms with E-state index in [-0.39, 0.29) is 5.91 Å². The van der Waals surface area contributed by atoms with Crippen molar-refractivity contribution in [2.45, 2.75) is 26.9 Å². The zero-order valence-electron chi connectivity index (χ0n) is 14.6. The first-order valence-electron chi connectivity index (χ1n) is 8.30. The Morgan fingerprint density at radius 2 is 1.85 bits per heavy atom. The molecule has 0 unspecified atom stereocenters. The van der Waals surface area contributed by atoms with Crippen LogP contribution in [0.1, 0.15) is 32.9 Å². The van der Waals surface area contributed by atoms with Gasteiger partial charge in [0.05, 0.1) is 5.69 Å². The van der Waals surface area contributed by atoms with Crippen LogP contribution in [0.5, 0.6) is 5.75 Å². The molecule has 2 aromatic carbocycles. The molecule has 0 fully saturated rings. The van der Waals surface area contributed by atoms with E-state index in [2.05, 4.69) is 45.3 Å². The molecule has 1 amide bonds. The minimum Gasteiger partial charge on any atom is -0.486 e. The molecular formula is C20H19BrN2O2S. The van der Waals surface area contributed by atoms with Gasteiger partial charge in [0.25, 0.3) is 5.91 Å². The Balaban J connectivity index is 1.64. The predicted octanol–water partition coefficient (Wildman–Crippen LogP) is 5.61. The quantitative estimate of drug-likeness (QED) is 0.552. The summed E-state index contributed by atoms with van der Waals surface area (Å²) in [7, 11) is 0. The third-order valence-electron chi connectivity index (χ3n) is 3.84. The van der Waals surface area contributed by atoms with E-state index in [0.29, 0.717) is 17.2 Å². The Morgan fingerprint density at radius 1 is 1.15 bits per heavy atom. The van der Waals surface area contributed by atoms with Gasteiger partial charge in [-0.1, -0.05) is 35.0 Å². The molecule has 0 radical (unpaired) electrons. The number of thiazole rings is 1. The van der Waals surface area contributed by atoms with E-state index < -0.39 is 0 Å². The number of halogens is 1. The summed E-state index contributed by atoms with van der Waals surface area (Å²) >= 11 is 4.74. The maximum Gasteiger partial charge on any atom is 0.267 e. The molecule has 4 nitrogen and oxygen atoms in total. The lowest BCUT2D eigenvalue weighted by Crippen LogP contribution is -2.11. The van der Waals surface area contributed by atoms with Gasteiger partial charge in [-0.05, 0) is 55.3 Å². The van der Waals surface area contributed by atoms with E-state index in [1.807, 2.05) is 43.3 Å². The Hall–Kier alpha value is -2.18. The molecule has 3 rings (SSSR count). The van der Waals surface area contributed by atoms with Gasteiger partial charge < -0.3 is 10.1 Å². The van der Waals surface area contributed by atoms with Gasteiger partial charge in [0.15, 0.2) is 0 Å². The number of hydrogen-bond acceptors (Lipinski definition) is 4. The molecular weight excluding hydrogens is 412 g/mol. The number of nitrogens with one attached hydrogen (secondary N) is 1. The van der Waals surface area contributed by atoms with Crippen LogP contribution in [-0.4, -0.2) is 10.9 Å². The highest BCUT2D eigenvalue weighted by molar-refractivity contribution is 9.10. The van der Waals surface area contributed by atoms with E-state index >= 15 is 0 Å². The number of anilines is 1. The number of ether oxygens (including phenoxy) is 1. The number of nitrogens with zero attached hydrogens (tertiary/aromatic N) is 1. The molecule has 1 heterocycles. The van der Waals surface area contributed by atoms with E-state index in [9.17, 15) is 4.79 Å². The molecule has 0 atom stereocenters. The number of carbonyl (C=O) groups excluding carboxylic acids is 1. The summed E-state index contributed by atoms with van der Waals surface area (Å²) < 4.78 is 6.75. The summed E-state index contributed by atoms with van der Waals surface area (Å²) in [5.41, 5.74) is 2.73. The Kier molecular flexibility index (Phi) is 6.06. The van der Waals surface area contributed by atoms with E-state index in [1.165, 1.54) is 16.9 Å². The summed E-state index contributed by atoms with van der Waals surface area (Å²) in [6, 6.07) is 15.5. The average Bonchev–Trinajstić information content (AvgIpc) is 3.03. The molecule has 134 valence electrons. The average molecular weight is 431 g/mol. The third kappa shape index (κ3) is 4.71. The van der Waals surface area contributed by atoms with Crippen molar-refractivity contribution in [3.63, 3.8) is 0 Å². The molecule has 0 aliphatic heterocycles. The third-order valence-corrected chi connectivity index (χ3v) is 5.50. The number of aromatic nitrogens is 1. The fraction of sp³-hybridized carbons (Fsp3) is 0.200. The number of carbonyl (C=O) groups is 1. The second-order valence-electron chi connectivity index (χ2n) is 5.77. The van der Waals surface area contributed by atoms with Gasteiger partial charge in [0.1, 0.15) is 22.2 Å². The minimum absolute atomic E-state index is 0.152. The SMILES string of the molecule is CCc1ccc(OCc2nc(C)c(C(=O)Nc3ccc(Br)cc3)s2)cc1. The van der Waals surface area contributed by atoms with Gasteiger partial charge >= 0.3 is 0 Å². The monoisotopic (exact) mass is 430 g/mol. The van der Waals surface area contributed by atoms with E-state index in [1.54, 1.807) is 0 Å². The fourth-order valence-electron chi connectivity index (χ4n) is 2.41. The lowest BCUT2D eigenvalue weighted by molar-refractivity contribution is 0.103. The summed E-state index contributed by atoms with van der Waals surface area (Å²) in [6.45, 7) is 4.31. The van der Waals surface area contributed by atoms with Crippen molar-refractivity contribution >= 4 is 38.9 Å². The number of benzene rings is 2. The molecule has 0 spiro atoms. The van der Waals surface area contributed by atoms with E-state index in [4.69, 9.17) is 4.74 Å². The first-order valence-corrected chi connectivity index (χ1v) is 9.91. The summed E-state index contributed by atoms with van der Waals surface area (Å²) in [6.07, 6.45) is 1.00. The zero-order chi connectivity index (χ0) is 18.5. The molecule has 26 heavy (non-hydrogen) atoms. The number of hydrogen-bond donors (Lipinski definition) is 1. The topological polar surface area (TPSA) is 51.2 Å². The first-order chi connectivity index (χ1) is 12.5. The van der Waals surface area contributed by atoms with Gasteiger partial charge in [0.2, 0.25) is 0 Å². The van der Waals surface area contributed by atoms with Crippen LogP contribution < -0.4 is 10.1 Å². The summed E-state index contributed by atoms with van der Waals surface area (Å²) in [4.78, 5) is 17.6. The second-order valence-corrected chi connectivity index (χ2v) is 7.77. The molecule has 3 aromatic rings. The van der Waals surface area contributed by atoms with Crippen LogP contribution in [0.4, 0.5) is 5.69 Å². The van der Waals surface area contributed by atoms with Crippen LogP contribution in [0, 0.1) is 6.92 Å². The van der Waals surface area contributed by atoms with E-state index in [0.717, 1.165) is 27.3 Å². The van der Waals surface area contributed by atoms with Crippen molar-refractivity contribution in [1.29, 1.82) is 0 Å².